The van der Waals surface area contributed by atoms with Crippen molar-refractivity contribution >= 4 is 23.9 Å². The van der Waals surface area contributed by atoms with Gasteiger partial charge < -0.3 is 20.4 Å². The number of carbonyl (C=O) groups is 4. The average Bonchev–Trinajstić information content (AvgIpc) is 2.42. The fourth-order valence-electron chi connectivity index (χ4n) is 2.85. The summed E-state index contributed by atoms with van der Waals surface area (Å²) in [7, 11) is 0. The maximum atomic E-state index is 11.7. The van der Waals surface area contributed by atoms with Crippen molar-refractivity contribution in [2.75, 3.05) is 0 Å². The fraction of sp³-hybridized carbons (Fsp3) is 0.571. The van der Waals surface area contributed by atoms with Crippen LogP contribution in [0.1, 0.15) is 38.5 Å². The van der Waals surface area contributed by atoms with Crippen LogP contribution in [-0.4, -0.2) is 44.3 Å². The van der Waals surface area contributed by atoms with E-state index in [1.807, 2.05) is 0 Å². The zero-order valence-electron chi connectivity index (χ0n) is 11.8. The molecular weight excluding hydrogens is 296 g/mol. The van der Waals surface area contributed by atoms with Gasteiger partial charge in [0.25, 0.3) is 0 Å². The van der Waals surface area contributed by atoms with Gasteiger partial charge in [-0.05, 0) is 19.3 Å². The zero-order valence-corrected chi connectivity index (χ0v) is 11.8. The summed E-state index contributed by atoms with van der Waals surface area (Å²) in [5.74, 6) is -7.92. The molecule has 0 heterocycles. The first-order chi connectivity index (χ1) is 10.2. The Bertz CT molecular complexity index is 491. The Balaban J connectivity index is 3.73. The Morgan fingerprint density at radius 1 is 0.727 bits per heavy atom. The lowest BCUT2D eigenvalue weighted by atomic mass is 9.60. The zero-order chi connectivity index (χ0) is 17.0. The summed E-state index contributed by atoms with van der Waals surface area (Å²) in [4.78, 5) is 46.6. The minimum absolute atomic E-state index is 0.120. The third-order valence-electron chi connectivity index (χ3n) is 4.12. The summed E-state index contributed by atoms with van der Waals surface area (Å²) in [5, 5.41) is 37.7. The largest absolute Gasteiger partial charge is 0.480 e. The molecule has 0 saturated heterocycles. The topological polar surface area (TPSA) is 149 Å². The van der Waals surface area contributed by atoms with Crippen molar-refractivity contribution in [1.82, 2.24) is 0 Å². The normalized spacial score (nSPS) is 22.2. The first-order valence-corrected chi connectivity index (χ1v) is 6.84. The van der Waals surface area contributed by atoms with E-state index in [1.165, 1.54) is 6.08 Å². The van der Waals surface area contributed by atoms with Crippen LogP contribution in [0.25, 0.3) is 0 Å². The van der Waals surface area contributed by atoms with Crippen LogP contribution in [0.15, 0.2) is 12.2 Å². The van der Waals surface area contributed by atoms with Gasteiger partial charge in [-0.25, -0.2) is 0 Å². The van der Waals surface area contributed by atoms with Crippen LogP contribution in [0.3, 0.4) is 0 Å². The highest BCUT2D eigenvalue weighted by atomic mass is 16.4. The molecule has 0 amide bonds. The van der Waals surface area contributed by atoms with Gasteiger partial charge in [0.05, 0.1) is 0 Å². The smallest absolute Gasteiger partial charge is 0.326 e. The molecule has 0 atom stereocenters. The van der Waals surface area contributed by atoms with Crippen LogP contribution in [0.4, 0.5) is 0 Å². The van der Waals surface area contributed by atoms with Crippen molar-refractivity contribution in [1.29, 1.82) is 0 Å². The molecule has 22 heavy (non-hydrogen) atoms. The Labute approximate surface area is 126 Å². The second-order valence-corrected chi connectivity index (χ2v) is 5.29. The average molecular weight is 314 g/mol. The monoisotopic (exact) mass is 314 g/mol. The lowest BCUT2D eigenvalue weighted by Gasteiger charge is -2.37. The molecule has 1 aliphatic carbocycles. The van der Waals surface area contributed by atoms with Crippen LogP contribution in [0.2, 0.25) is 0 Å². The van der Waals surface area contributed by atoms with E-state index in [0.717, 1.165) is 6.42 Å². The van der Waals surface area contributed by atoms with Crippen LogP contribution in [-0.2, 0) is 19.2 Å². The molecule has 0 aromatic carbocycles. The van der Waals surface area contributed by atoms with E-state index < -0.39 is 41.1 Å². The van der Waals surface area contributed by atoms with Gasteiger partial charge in [-0.3, -0.25) is 19.2 Å². The number of hydrogen-bond donors (Lipinski definition) is 4. The second-order valence-electron chi connectivity index (χ2n) is 5.29. The van der Waals surface area contributed by atoms with Crippen molar-refractivity contribution < 1.29 is 39.6 Å². The highest BCUT2D eigenvalue weighted by Gasteiger charge is 2.69. The van der Waals surface area contributed by atoms with E-state index in [9.17, 15) is 39.6 Å². The number of carboxylic acids is 4. The minimum atomic E-state index is -3.05. The molecule has 1 rings (SSSR count). The quantitative estimate of drug-likeness (QED) is 0.446. The van der Waals surface area contributed by atoms with Crippen LogP contribution in [0.5, 0.6) is 0 Å². The molecule has 0 aliphatic heterocycles. The lowest BCUT2D eigenvalue weighted by molar-refractivity contribution is -0.191. The molecule has 0 spiro atoms. The fourth-order valence-corrected chi connectivity index (χ4v) is 2.85. The maximum Gasteiger partial charge on any atom is 0.326 e. The molecule has 0 unspecified atom stereocenters. The van der Waals surface area contributed by atoms with Crippen LogP contribution < -0.4 is 0 Å². The highest BCUT2D eigenvalue weighted by Crippen LogP contribution is 2.47. The van der Waals surface area contributed by atoms with E-state index in [2.05, 4.69) is 0 Å². The molecule has 8 heteroatoms. The molecular formula is C14H18O8. The predicted octanol–water partition coefficient (Wildman–Crippen LogP) is 1.21. The Morgan fingerprint density at radius 3 is 1.68 bits per heavy atom. The summed E-state index contributed by atoms with van der Waals surface area (Å²) < 4.78 is 0. The summed E-state index contributed by atoms with van der Waals surface area (Å²) in [5.41, 5.74) is -6.01. The van der Waals surface area contributed by atoms with Crippen molar-refractivity contribution in [3.8, 4) is 0 Å². The van der Waals surface area contributed by atoms with Crippen molar-refractivity contribution in [2.45, 2.75) is 38.5 Å². The van der Waals surface area contributed by atoms with E-state index >= 15 is 0 Å². The van der Waals surface area contributed by atoms with Gasteiger partial charge in [0.1, 0.15) is 0 Å². The van der Waals surface area contributed by atoms with Crippen molar-refractivity contribution in [3.63, 3.8) is 0 Å². The molecule has 4 N–H and O–H groups in total. The van der Waals surface area contributed by atoms with E-state index in [1.54, 1.807) is 0 Å². The van der Waals surface area contributed by atoms with Crippen LogP contribution >= 0.6 is 0 Å². The van der Waals surface area contributed by atoms with E-state index in [-0.39, 0.29) is 6.42 Å². The number of rotatable bonds is 4. The molecule has 1 aliphatic rings. The summed E-state index contributed by atoms with van der Waals surface area (Å²) in [6, 6.07) is 0. The SMILES string of the molecule is O=C(O)C1(C(=O)O)/C=C\CCCCCCC1(C(=O)O)C(=O)O. The van der Waals surface area contributed by atoms with Gasteiger partial charge in [0.15, 0.2) is 5.41 Å². The molecule has 0 aromatic heterocycles. The van der Waals surface area contributed by atoms with Gasteiger partial charge in [0.2, 0.25) is 5.41 Å². The standard InChI is InChI=1S/C14H18O8/c15-9(16)13(10(17)18)7-5-3-1-2-4-6-8-14(13,11(19)20)12(21)22/h5,7H,1-4,6,8H2,(H,15,16)(H,17,18)(H,19,20)(H,21,22)/b7-5-. The van der Waals surface area contributed by atoms with Crippen molar-refractivity contribution in [3.05, 3.63) is 12.2 Å². The maximum absolute atomic E-state index is 11.7. The Hall–Kier alpha value is -2.38. The lowest BCUT2D eigenvalue weighted by Crippen LogP contribution is -2.60. The van der Waals surface area contributed by atoms with Gasteiger partial charge in [-0.15, -0.1) is 0 Å². The van der Waals surface area contributed by atoms with Gasteiger partial charge in [-0.2, -0.15) is 0 Å². The molecule has 0 saturated carbocycles. The third-order valence-corrected chi connectivity index (χ3v) is 4.12. The molecule has 122 valence electrons. The van der Waals surface area contributed by atoms with Gasteiger partial charge >= 0.3 is 23.9 Å². The number of allylic oxidation sites excluding steroid dienone is 1. The molecule has 0 bridgehead atoms. The van der Waals surface area contributed by atoms with Gasteiger partial charge in [-0.1, -0.05) is 31.4 Å². The summed E-state index contributed by atoms with van der Waals surface area (Å²) in [6.07, 6.45) is 3.80. The first kappa shape index (κ1) is 17.7. The summed E-state index contributed by atoms with van der Waals surface area (Å²) in [6.45, 7) is 0. The molecule has 0 radical (unpaired) electrons. The summed E-state index contributed by atoms with van der Waals surface area (Å²) >= 11 is 0. The Morgan fingerprint density at radius 2 is 1.23 bits per heavy atom. The van der Waals surface area contributed by atoms with Crippen molar-refractivity contribution in [2.24, 2.45) is 10.8 Å². The highest BCUT2D eigenvalue weighted by molar-refractivity contribution is 6.14. The second kappa shape index (κ2) is 6.59. The third kappa shape index (κ3) is 2.56. The van der Waals surface area contributed by atoms with E-state index in [0.29, 0.717) is 25.3 Å². The van der Waals surface area contributed by atoms with Gasteiger partial charge in [0, 0.05) is 0 Å². The minimum Gasteiger partial charge on any atom is -0.480 e. The molecule has 8 nitrogen and oxygen atoms in total. The Kier molecular flexibility index (Phi) is 5.29. The molecule has 0 aromatic rings. The van der Waals surface area contributed by atoms with E-state index in [4.69, 9.17) is 0 Å². The number of hydrogen-bond acceptors (Lipinski definition) is 4. The van der Waals surface area contributed by atoms with Crippen LogP contribution in [0, 0.1) is 10.8 Å². The molecule has 0 fully saturated rings. The number of carboxylic acid groups (broad SMARTS) is 4. The first-order valence-electron chi connectivity index (χ1n) is 6.84. The predicted molar refractivity (Wildman–Crippen MR) is 72.3 cm³/mol. The number of aliphatic carboxylic acids is 4.